The summed E-state index contributed by atoms with van der Waals surface area (Å²) < 4.78 is 31.8. The lowest BCUT2D eigenvalue weighted by Crippen LogP contribution is -2.61. The number of aliphatic hydroxyl groups is 2. The highest BCUT2D eigenvalue weighted by Crippen LogP contribution is 2.43. The standard InChI is InChI=1S/C36H62N2O9/c1-13-28-36(10,42)26-15-14-19(2)18-43-35(9,17-20(3)29(37)22(26)5)32(23(6)30(40)24(7)33(41)46-28)47-34-31(45-25(8)39)27(38(11)12)16-21(4)44-34/h20-24,26-28,30-32,34,37,40,42H,2,13-18H2,1,3-12H3/t20-,21-,22-,23+,24-,26-,27+,28-,30+,31-,32-,34+,35-,36+/m1/s1. The highest BCUT2D eigenvalue weighted by Gasteiger charge is 2.52. The summed E-state index contributed by atoms with van der Waals surface area (Å²) in [6.45, 7) is 20.6. The SMILES string of the molecule is C=C1CC[C@@H]2[C@@H](C)C(=N)[C@H](C)C[C@@](C)(OC1)[C@H](O[C@@H]1O[C@H](C)C[C@H](N(C)C)[C@H]1OC(C)=O)[C@@H](C)[C@H](O)[C@@H](C)C(=O)O[C@H](CC)[C@@]2(C)O. The molecule has 3 aliphatic heterocycles. The average molecular weight is 667 g/mol. The molecule has 0 unspecified atom stereocenters. The molecule has 0 aromatic heterocycles. The Morgan fingerprint density at radius 3 is 2.36 bits per heavy atom. The number of hydrogen-bond acceptors (Lipinski definition) is 11. The second-order valence-electron chi connectivity index (χ2n) is 15.3. The Hall–Kier alpha value is -1.89. The lowest BCUT2D eigenvalue weighted by Gasteiger charge is -2.49. The third-order valence-electron chi connectivity index (χ3n) is 11.1. The summed E-state index contributed by atoms with van der Waals surface area (Å²) >= 11 is 0. The van der Waals surface area contributed by atoms with Crippen molar-refractivity contribution in [2.75, 3.05) is 20.7 Å². The monoisotopic (exact) mass is 666 g/mol. The molecule has 3 rings (SSSR count). The van der Waals surface area contributed by atoms with Crippen molar-refractivity contribution in [3.8, 4) is 0 Å². The maximum atomic E-state index is 13.7. The van der Waals surface area contributed by atoms with Gasteiger partial charge in [-0.2, -0.15) is 0 Å². The zero-order valence-electron chi connectivity index (χ0n) is 30.6. The van der Waals surface area contributed by atoms with Crippen LogP contribution in [0.5, 0.6) is 0 Å². The molecule has 11 heteroatoms. The van der Waals surface area contributed by atoms with Gasteiger partial charge in [-0.15, -0.1) is 0 Å². The van der Waals surface area contributed by atoms with E-state index in [1.165, 1.54) is 6.92 Å². The Kier molecular flexibility index (Phi) is 13.3. The van der Waals surface area contributed by atoms with Crippen molar-refractivity contribution in [1.82, 2.24) is 4.90 Å². The Balaban J connectivity index is 2.23. The number of carbonyl (C=O) groups is 2. The van der Waals surface area contributed by atoms with Crippen LogP contribution in [0.25, 0.3) is 0 Å². The molecule has 11 nitrogen and oxygen atoms in total. The quantitative estimate of drug-likeness (QED) is 0.283. The van der Waals surface area contributed by atoms with Crippen LogP contribution in [0.2, 0.25) is 0 Å². The van der Waals surface area contributed by atoms with Gasteiger partial charge in [0, 0.05) is 18.6 Å². The Bertz CT molecular complexity index is 1130. The summed E-state index contributed by atoms with van der Waals surface area (Å²) in [6.07, 6.45) is -2.61. The van der Waals surface area contributed by atoms with E-state index in [4.69, 9.17) is 23.7 Å². The number of nitrogens with zero attached hydrogens (tertiary/aromatic N) is 1. The lowest BCUT2D eigenvalue weighted by atomic mass is 9.68. The molecule has 0 spiro atoms. The van der Waals surface area contributed by atoms with Crippen molar-refractivity contribution < 1.29 is 43.5 Å². The van der Waals surface area contributed by atoms with E-state index in [1.54, 1.807) is 20.8 Å². The van der Waals surface area contributed by atoms with Crippen molar-refractivity contribution in [2.45, 2.75) is 148 Å². The van der Waals surface area contributed by atoms with E-state index in [2.05, 4.69) is 6.58 Å². The molecule has 270 valence electrons. The van der Waals surface area contributed by atoms with Crippen LogP contribution >= 0.6 is 0 Å². The molecule has 2 bridgehead atoms. The smallest absolute Gasteiger partial charge is 0.311 e. The number of ether oxygens (including phenoxy) is 5. The van der Waals surface area contributed by atoms with E-state index in [9.17, 15) is 25.2 Å². The Labute approximate surface area is 282 Å². The summed E-state index contributed by atoms with van der Waals surface area (Å²) in [7, 11) is 3.83. The molecule has 3 saturated heterocycles. The number of likely N-dealkylation sites (N-methyl/N-ethyl adjacent to an activating group) is 1. The molecule has 47 heavy (non-hydrogen) atoms. The predicted molar refractivity (Wildman–Crippen MR) is 179 cm³/mol. The summed E-state index contributed by atoms with van der Waals surface area (Å²) in [5.41, 5.74) is -1.29. The van der Waals surface area contributed by atoms with Gasteiger partial charge in [-0.3, -0.25) is 9.59 Å². The van der Waals surface area contributed by atoms with Gasteiger partial charge in [-0.05, 0) is 91.6 Å². The zero-order valence-corrected chi connectivity index (χ0v) is 30.6. The van der Waals surface area contributed by atoms with Crippen LogP contribution in [0, 0.1) is 35.0 Å². The van der Waals surface area contributed by atoms with E-state index in [-0.39, 0.29) is 30.6 Å². The summed E-state index contributed by atoms with van der Waals surface area (Å²) in [4.78, 5) is 28.0. The van der Waals surface area contributed by atoms with Gasteiger partial charge in [-0.25, -0.2) is 0 Å². The Morgan fingerprint density at radius 1 is 1.15 bits per heavy atom. The number of cyclic esters (lactones) is 1. The molecule has 0 aromatic carbocycles. The third-order valence-corrected chi connectivity index (χ3v) is 11.1. The highest BCUT2D eigenvalue weighted by molar-refractivity contribution is 5.86. The van der Waals surface area contributed by atoms with Gasteiger partial charge in [-0.1, -0.05) is 39.8 Å². The fourth-order valence-corrected chi connectivity index (χ4v) is 8.19. The molecular formula is C36H62N2O9. The molecule has 0 saturated carbocycles. The Morgan fingerprint density at radius 2 is 1.79 bits per heavy atom. The lowest BCUT2D eigenvalue weighted by molar-refractivity contribution is -0.304. The maximum absolute atomic E-state index is 13.7. The van der Waals surface area contributed by atoms with Gasteiger partial charge in [0.15, 0.2) is 12.4 Å². The van der Waals surface area contributed by atoms with Gasteiger partial charge in [0.2, 0.25) is 0 Å². The molecule has 3 aliphatic rings. The number of nitrogens with one attached hydrogen (secondary N) is 1. The average Bonchev–Trinajstić information content (AvgIpc) is 3.00. The van der Waals surface area contributed by atoms with Crippen LogP contribution in [-0.2, 0) is 33.3 Å². The second kappa shape index (κ2) is 15.8. The molecular weight excluding hydrogens is 604 g/mol. The first-order valence-electron chi connectivity index (χ1n) is 17.4. The summed E-state index contributed by atoms with van der Waals surface area (Å²) in [5.74, 6) is -3.83. The van der Waals surface area contributed by atoms with Crippen LogP contribution in [0.1, 0.15) is 94.4 Å². The minimum absolute atomic E-state index is 0.195. The first kappa shape index (κ1) is 39.5. The van der Waals surface area contributed by atoms with Crippen LogP contribution in [-0.4, -0.2) is 108 Å². The summed E-state index contributed by atoms with van der Waals surface area (Å²) in [5, 5.41) is 33.3. The molecule has 0 amide bonds. The van der Waals surface area contributed by atoms with Crippen molar-refractivity contribution in [3.05, 3.63) is 12.2 Å². The van der Waals surface area contributed by atoms with Gasteiger partial charge in [0.25, 0.3) is 0 Å². The van der Waals surface area contributed by atoms with Crippen molar-refractivity contribution in [1.29, 1.82) is 5.41 Å². The van der Waals surface area contributed by atoms with Crippen LogP contribution in [0.15, 0.2) is 12.2 Å². The van der Waals surface area contributed by atoms with Gasteiger partial charge < -0.3 is 44.2 Å². The van der Waals surface area contributed by atoms with Crippen LogP contribution < -0.4 is 0 Å². The van der Waals surface area contributed by atoms with E-state index < -0.39 is 71.6 Å². The normalized spacial score (nSPS) is 44.6. The van der Waals surface area contributed by atoms with E-state index >= 15 is 0 Å². The molecule has 0 aromatic rings. The third kappa shape index (κ3) is 8.83. The number of aliphatic hydroxyl groups excluding tert-OH is 1. The fraction of sp³-hybridized carbons (Fsp3) is 0.861. The van der Waals surface area contributed by atoms with E-state index in [0.29, 0.717) is 37.8 Å². The number of rotatable bonds is 5. The summed E-state index contributed by atoms with van der Waals surface area (Å²) in [6, 6.07) is -0.204. The molecule has 14 atom stereocenters. The maximum Gasteiger partial charge on any atom is 0.311 e. The largest absolute Gasteiger partial charge is 0.459 e. The van der Waals surface area contributed by atoms with Crippen molar-refractivity contribution in [2.24, 2.45) is 29.6 Å². The van der Waals surface area contributed by atoms with Gasteiger partial charge >= 0.3 is 11.9 Å². The zero-order chi connectivity index (χ0) is 35.6. The fourth-order valence-electron chi connectivity index (χ4n) is 8.19. The minimum atomic E-state index is -1.44. The van der Waals surface area contributed by atoms with Crippen molar-refractivity contribution >= 4 is 17.7 Å². The number of esters is 2. The molecule has 0 aliphatic carbocycles. The number of hydrogen-bond donors (Lipinski definition) is 3. The van der Waals surface area contributed by atoms with Crippen LogP contribution in [0.4, 0.5) is 0 Å². The van der Waals surface area contributed by atoms with Crippen LogP contribution in [0.3, 0.4) is 0 Å². The van der Waals surface area contributed by atoms with Gasteiger partial charge in [0.1, 0.15) is 11.7 Å². The first-order valence-corrected chi connectivity index (χ1v) is 17.4. The molecule has 3 fully saturated rings. The minimum Gasteiger partial charge on any atom is -0.459 e. The molecule has 3 heterocycles. The topological polar surface area (TPSA) is 148 Å². The second-order valence-corrected chi connectivity index (χ2v) is 15.3. The first-order chi connectivity index (χ1) is 21.7. The van der Waals surface area contributed by atoms with Gasteiger partial charge in [0.05, 0.1) is 42.5 Å². The predicted octanol–water partition coefficient (Wildman–Crippen LogP) is 4.51. The number of carbonyl (C=O) groups excluding carboxylic acids is 2. The van der Waals surface area contributed by atoms with E-state index in [1.807, 2.05) is 53.6 Å². The molecule has 3 N–H and O–H groups in total. The van der Waals surface area contributed by atoms with E-state index in [0.717, 1.165) is 5.57 Å². The van der Waals surface area contributed by atoms with Crippen molar-refractivity contribution in [3.63, 3.8) is 0 Å². The number of fused-ring (bicyclic) bond motifs is 5. The highest BCUT2D eigenvalue weighted by atomic mass is 16.7. The molecule has 0 radical (unpaired) electrons.